The van der Waals surface area contributed by atoms with Gasteiger partial charge < -0.3 is 4.90 Å². The molecule has 0 spiro atoms. The Morgan fingerprint density at radius 3 is 2.48 bits per heavy atom. The molecule has 2 aromatic rings. The number of aromatic nitrogens is 2. The van der Waals surface area contributed by atoms with Crippen molar-refractivity contribution < 1.29 is 8.42 Å². The van der Waals surface area contributed by atoms with E-state index in [9.17, 15) is 8.42 Å². The van der Waals surface area contributed by atoms with E-state index >= 15 is 0 Å². The predicted octanol–water partition coefficient (Wildman–Crippen LogP) is 2.40. The van der Waals surface area contributed by atoms with E-state index < -0.39 is 10.0 Å². The zero-order valence-electron chi connectivity index (χ0n) is 12.1. The molecule has 0 bridgehead atoms. The molecule has 6 nitrogen and oxygen atoms in total. The lowest BCUT2D eigenvalue weighted by Gasteiger charge is -2.34. The fourth-order valence-electron chi connectivity index (χ4n) is 2.44. The number of anilines is 1. The molecule has 2 heterocycles. The van der Waals surface area contributed by atoms with E-state index in [4.69, 9.17) is 11.6 Å². The van der Waals surface area contributed by atoms with Gasteiger partial charge in [-0.3, -0.25) is 4.98 Å². The van der Waals surface area contributed by atoms with Gasteiger partial charge in [-0.2, -0.15) is 4.31 Å². The number of hydrogen-bond acceptors (Lipinski definition) is 5. The average molecular weight is 418 g/mol. The number of rotatable bonds is 3. The second-order valence-corrected chi connectivity index (χ2v) is 8.26. The molecule has 0 radical (unpaired) electrons. The molecule has 1 aromatic carbocycles. The van der Waals surface area contributed by atoms with Gasteiger partial charge in [0.15, 0.2) is 0 Å². The summed E-state index contributed by atoms with van der Waals surface area (Å²) < 4.78 is 27.7. The van der Waals surface area contributed by atoms with Crippen LogP contribution in [0.1, 0.15) is 0 Å². The lowest BCUT2D eigenvalue weighted by molar-refractivity contribution is 0.383. The minimum absolute atomic E-state index is 0.135. The van der Waals surface area contributed by atoms with Crippen molar-refractivity contribution in [1.29, 1.82) is 0 Å². The number of sulfonamides is 1. The Hall–Kier alpha value is -1.22. The number of piperazine rings is 1. The van der Waals surface area contributed by atoms with Crippen LogP contribution in [-0.2, 0) is 10.0 Å². The van der Waals surface area contributed by atoms with E-state index in [1.54, 1.807) is 30.7 Å². The van der Waals surface area contributed by atoms with E-state index in [1.165, 1.54) is 10.4 Å². The minimum atomic E-state index is -3.60. The second-order valence-electron chi connectivity index (χ2n) is 5.03. The molecule has 0 N–H and O–H groups in total. The third-order valence-corrected chi connectivity index (χ3v) is 6.50. The van der Waals surface area contributed by atoms with Crippen LogP contribution in [0, 0.1) is 0 Å². The summed E-state index contributed by atoms with van der Waals surface area (Å²) in [5, 5.41) is 0.218. The third kappa shape index (κ3) is 3.50. The standard InChI is InChI=1S/C14H14BrClN4O2S/c15-11-1-2-13(12(16)9-11)23(21,22)20-7-5-19(6-8-20)14-10-17-3-4-18-14/h1-4,9-10H,5-8H2. The summed E-state index contributed by atoms with van der Waals surface area (Å²) in [5.74, 6) is 0.756. The lowest BCUT2D eigenvalue weighted by atomic mass is 10.3. The van der Waals surface area contributed by atoms with Gasteiger partial charge in [0.25, 0.3) is 0 Å². The lowest BCUT2D eigenvalue weighted by Crippen LogP contribution is -2.49. The second kappa shape index (κ2) is 6.72. The highest BCUT2D eigenvalue weighted by molar-refractivity contribution is 9.10. The van der Waals surface area contributed by atoms with Gasteiger partial charge in [0, 0.05) is 43.0 Å². The smallest absolute Gasteiger partial charge is 0.244 e. The Labute approximate surface area is 148 Å². The fraction of sp³-hybridized carbons (Fsp3) is 0.286. The van der Waals surface area contributed by atoms with Gasteiger partial charge in [-0.25, -0.2) is 13.4 Å². The van der Waals surface area contributed by atoms with Crippen LogP contribution in [0.4, 0.5) is 5.82 Å². The molecule has 1 aliphatic rings. The molecule has 1 fully saturated rings. The van der Waals surface area contributed by atoms with Gasteiger partial charge in [-0.1, -0.05) is 27.5 Å². The van der Waals surface area contributed by atoms with Crippen molar-refractivity contribution in [2.75, 3.05) is 31.1 Å². The maximum Gasteiger partial charge on any atom is 0.244 e. The Balaban J connectivity index is 1.76. The molecule has 1 aromatic heterocycles. The van der Waals surface area contributed by atoms with E-state index in [0.29, 0.717) is 26.2 Å². The van der Waals surface area contributed by atoms with Crippen LogP contribution in [0.25, 0.3) is 0 Å². The van der Waals surface area contributed by atoms with E-state index in [2.05, 4.69) is 25.9 Å². The first-order valence-corrected chi connectivity index (χ1v) is 9.56. The maximum absolute atomic E-state index is 12.7. The number of halogens is 2. The molecular weight excluding hydrogens is 404 g/mol. The summed E-state index contributed by atoms with van der Waals surface area (Å²) >= 11 is 9.37. The molecule has 1 aliphatic heterocycles. The zero-order chi connectivity index (χ0) is 16.4. The first-order valence-electron chi connectivity index (χ1n) is 6.94. The van der Waals surface area contributed by atoms with Crippen molar-refractivity contribution in [3.63, 3.8) is 0 Å². The van der Waals surface area contributed by atoms with Crippen molar-refractivity contribution >= 4 is 43.4 Å². The van der Waals surface area contributed by atoms with Gasteiger partial charge in [0.1, 0.15) is 10.7 Å². The summed E-state index contributed by atoms with van der Waals surface area (Å²) in [5.41, 5.74) is 0. The summed E-state index contributed by atoms with van der Waals surface area (Å²) in [6.07, 6.45) is 4.91. The van der Waals surface area contributed by atoms with Crippen molar-refractivity contribution in [2.24, 2.45) is 0 Å². The molecule has 9 heteroatoms. The molecule has 1 saturated heterocycles. The van der Waals surface area contributed by atoms with E-state index in [-0.39, 0.29) is 9.92 Å². The first kappa shape index (κ1) is 16.6. The summed E-state index contributed by atoms with van der Waals surface area (Å²) in [6.45, 7) is 1.88. The van der Waals surface area contributed by atoms with Crippen LogP contribution in [0.2, 0.25) is 5.02 Å². The highest BCUT2D eigenvalue weighted by atomic mass is 79.9. The monoisotopic (exact) mass is 416 g/mol. The van der Waals surface area contributed by atoms with Crippen molar-refractivity contribution in [3.8, 4) is 0 Å². The summed E-state index contributed by atoms with van der Waals surface area (Å²) in [4.78, 5) is 10.4. The van der Waals surface area contributed by atoms with Crippen LogP contribution >= 0.6 is 27.5 Å². The quantitative estimate of drug-likeness (QED) is 0.767. The number of nitrogens with zero attached hydrogens (tertiary/aromatic N) is 4. The highest BCUT2D eigenvalue weighted by Gasteiger charge is 2.30. The molecule has 0 aliphatic carbocycles. The molecule has 23 heavy (non-hydrogen) atoms. The predicted molar refractivity (Wildman–Crippen MR) is 92.2 cm³/mol. The zero-order valence-corrected chi connectivity index (χ0v) is 15.2. The maximum atomic E-state index is 12.7. The van der Waals surface area contributed by atoms with Crippen LogP contribution < -0.4 is 4.90 Å². The first-order chi connectivity index (χ1) is 11.0. The van der Waals surface area contributed by atoms with Crippen LogP contribution in [0.3, 0.4) is 0 Å². The molecule has 122 valence electrons. The van der Waals surface area contributed by atoms with Gasteiger partial charge >= 0.3 is 0 Å². The van der Waals surface area contributed by atoms with Gasteiger partial charge in [-0.05, 0) is 18.2 Å². The summed E-state index contributed by atoms with van der Waals surface area (Å²) in [6, 6.07) is 4.79. The van der Waals surface area contributed by atoms with Crippen LogP contribution in [-0.4, -0.2) is 48.9 Å². The molecule has 3 rings (SSSR count). The molecule has 0 saturated carbocycles. The molecule has 0 unspecified atom stereocenters. The largest absolute Gasteiger partial charge is 0.353 e. The molecule has 0 atom stereocenters. The Bertz CT molecular complexity index is 796. The van der Waals surface area contributed by atoms with Crippen LogP contribution in [0.5, 0.6) is 0 Å². The van der Waals surface area contributed by atoms with E-state index in [0.717, 1.165) is 10.3 Å². The molecule has 0 amide bonds. The van der Waals surface area contributed by atoms with Crippen LogP contribution in [0.15, 0.2) is 46.2 Å². The molecular formula is C14H14BrClN4O2S. The normalized spacial score (nSPS) is 16.5. The van der Waals surface area contributed by atoms with Gasteiger partial charge in [0.2, 0.25) is 10.0 Å². The van der Waals surface area contributed by atoms with Gasteiger partial charge in [-0.15, -0.1) is 0 Å². The van der Waals surface area contributed by atoms with Crippen molar-refractivity contribution in [3.05, 3.63) is 46.3 Å². The van der Waals surface area contributed by atoms with Gasteiger partial charge in [0.05, 0.1) is 11.2 Å². The third-order valence-electron chi connectivity index (χ3n) is 3.62. The minimum Gasteiger partial charge on any atom is -0.353 e. The summed E-state index contributed by atoms with van der Waals surface area (Å²) in [7, 11) is -3.60. The highest BCUT2D eigenvalue weighted by Crippen LogP contribution is 2.28. The van der Waals surface area contributed by atoms with Crippen molar-refractivity contribution in [1.82, 2.24) is 14.3 Å². The number of benzene rings is 1. The average Bonchev–Trinajstić information content (AvgIpc) is 2.55. The van der Waals surface area contributed by atoms with E-state index in [1.807, 2.05) is 4.90 Å². The Morgan fingerprint density at radius 1 is 1.13 bits per heavy atom. The fourth-order valence-corrected chi connectivity index (χ4v) is 4.87. The Morgan fingerprint density at radius 2 is 1.87 bits per heavy atom. The number of hydrogen-bond donors (Lipinski definition) is 0. The topological polar surface area (TPSA) is 66.4 Å². The van der Waals surface area contributed by atoms with Crippen molar-refractivity contribution in [2.45, 2.75) is 4.90 Å². The SMILES string of the molecule is O=S(=O)(c1ccc(Br)cc1Cl)N1CCN(c2cnccn2)CC1. The Kier molecular flexibility index (Phi) is 4.86.